The van der Waals surface area contributed by atoms with Crippen LogP contribution < -0.4 is 5.82 Å². The molecule has 0 spiro atoms. The molecule has 0 aliphatic carbocycles. The summed E-state index contributed by atoms with van der Waals surface area (Å²) in [6, 6.07) is 13.7. The first-order chi connectivity index (χ1) is 13.6. The third-order valence-corrected chi connectivity index (χ3v) is 5.17. The van der Waals surface area contributed by atoms with Gasteiger partial charge in [0.2, 0.25) is 0 Å². The van der Waals surface area contributed by atoms with E-state index in [1.165, 1.54) is 23.3 Å². The Hall–Kier alpha value is -2.34. The molecule has 0 fully saturated rings. The van der Waals surface area contributed by atoms with Gasteiger partial charge < -0.3 is 8.83 Å². The van der Waals surface area contributed by atoms with E-state index in [1.54, 1.807) is 12.1 Å². The van der Waals surface area contributed by atoms with E-state index in [0.717, 1.165) is 31.1 Å². The Morgan fingerprint density at radius 3 is 2.34 bits per heavy atom. The molecule has 0 saturated heterocycles. The first-order valence-corrected chi connectivity index (χ1v) is 9.52. The van der Waals surface area contributed by atoms with E-state index in [4.69, 9.17) is 20.4 Å². The van der Waals surface area contributed by atoms with Crippen molar-refractivity contribution in [2.45, 2.75) is 12.8 Å². The van der Waals surface area contributed by atoms with Crippen molar-refractivity contribution < 1.29 is 13.2 Å². The molecule has 3 aromatic rings. The van der Waals surface area contributed by atoms with Crippen LogP contribution in [-0.4, -0.2) is 24.5 Å². The SMILES string of the molecule is Cl.O=c1oc(CCN2CC=C(c3ccc(Cl)cc3)CC2)c(-c2ccc(F)cc2)o1. The lowest BCUT2D eigenvalue weighted by Gasteiger charge is -2.26. The number of benzene rings is 2. The highest BCUT2D eigenvalue weighted by Crippen LogP contribution is 2.26. The second-order valence-electron chi connectivity index (χ2n) is 6.75. The fourth-order valence-corrected chi connectivity index (χ4v) is 3.52. The Bertz CT molecular complexity index is 1040. The molecule has 7 heteroatoms. The molecule has 0 radical (unpaired) electrons. The van der Waals surface area contributed by atoms with Crippen LogP contribution in [0.2, 0.25) is 5.02 Å². The van der Waals surface area contributed by atoms with Crippen molar-refractivity contribution in [3.63, 3.8) is 0 Å². The predicted octanol–water partition coefficient (Wildman–Crippen LogP) is 5.45. The summed E-state index contributed by atoms with van der Waals surface area (Å²) in [4.78, 5) is 13.9. The van der Waals surface area contributed by atoms with Crippen LogP contribution >= 0.6 is 24.0 Å². The van der Waals surface area contributed by atoms with Gasteiger partial charge in [-0.2, -0.15) is 0 Å². The van der Waals surface area contributed by atoms with Crippen LogP contribution in [0.1, 0.15) is 17.7 Å². The van der Waals surface area contributed by atoms with E-state index >= 15 is 0 Å². The maximum Gasteiger partial charge on any atom is 0.519 e. The molecule has 0 unspecified atom stereocenters. The van der Waals surface area contributed by atoms with Crippen molar-refractivity contribution in [3.05, 3.63) is 87.4 Å². The number of hydrogen-bond donors (Lipinski definition) is 0. The monoisotopic (exact) mass is 435 g/mol. The largest absolute Gasteiger partial charge is 0.519 e. The van der Waals surface area contributed by atoms with Gasteiger partial charge >= 0.3 is 5.82 Å². The summed E-state index contributed by atoms with van der Waals surface area (Å²) in [6.45, 7) is 2.48. The molecule has 1 aliphatic heterocycles. The van der Waals surface area contributed by atoms with Crippen molar-refractivity contribution in [1.29, 1.82) is 0 Å². The smallest absolute Gasteiger partial charge is 0.395 e. The van der Waals surface area contributed by atoms with Gasteiger partial charge in [0.05, 0.1) is 0 Å². The fourth-order valence-electron chi connectivity index (χ4n) is 3.39. The van der Waals surface area contributed by atoms with Crippen LogP contribution in [-0.2, 0) is 6.42 Å². The van der Waals surface area contributed by atoms with E-state index in [1.807, 2.05) is 24.3 Å². The molecule has 0 bridgehead atoms. The van der Waals surface area contributed by atoms with Gasteiger partial charge in [0.15, 0.2) is 11.5 Å². The van der Waals surface area contributed by atoms with E-state index in [0.29, 0.717) is 23.5 Å². The number of rotatable bonds is 5. The van der Waals surface area contributed by atoms with Crippen LogP contribution in [0.15, 0.2) is 68.2 Å². The van der Waals surface area contributed by atoms with Crippen molar-refractivity contribution in [1.82, 2.24) is 4.90 Å². The van der Waals surface area contributed by atoms with Crippen molar-refractivity contribution >= 4 is 29.6 Å². The van der Waals surface area contributed by atoms with Crippen LogP contribution in [0.4, 0.5) is 4.39 Å². The molecule has 0 atom stereocenters. The molecule has 0 N–H and O–H groups in total. The van der Waals surface area contributed by atoms with Gasteiger partial charge in [0, 0.05) is 36.6 Å². The Balaban J connectivity index is 0.00000240. The molecule has 1 aliphatic rings. The summed E-state index contributed by atoms with van der Waals surface area (Å²) in [5.41, 5.74) is 3.14. The zero-order chi connectivity index (χ0) is 19.5. The summed E-state index contributed by atoms with van der Waals surface area (Å²) in [6.07, 6.45) is 3.71. The molecule has 4 nitrogen and oxygen atoms in total. The predicted molar refractivity (Wildman–Crippen MR) is 114 cm³/mol. The Kier molecular flexibility index (Phi) is 6.96. The minimum absolute atomic E-state index is 0. The van der Waals surface area contributed by atoms with Crippen molar-refractivity contribution in [3.8, 4) is 11.3 Å². The molecule has 2 heterocycles. The molecule has 0 saturated carbocycles. The maximum absolute atomic E-state index is 13.1. The van der Waals surface area contributed by atoms with Gasteiger partial charge in [-0.25, -0.2) is 9.18 Å². The average molecular weight is 436 g/mol. The summed E-state index contributed by atoms with van der Waals surface area (Å²) in [7, 11) is 0. The minimum Gasteiger partial charge on any atom is -0.395 e. The standard InChI is InChI=1S/C22H19ClFNO3.ClH/c23-18-5-1-15(2-6-18)16-9-12-25(13-10-16)14-11-20-21(28-22(26)27-20)17-3-7-19(24)8-4-17;/h1-9H,10-14H2;1H. The van der Waals surface area contributed by atoms with Gasteiger partial charge in [-0.15, -0.1) is 12.4 Å². The van der Waals surface area contributed by atoms with Gasteiger partial charge in [-0.3, -0.25) is 4.90 Å². The zero-order valence-corrected chi connectivity index (χ0v) is 17.1. The highest BCUT2D eigenvalue weighted by molar-refractivity contribution is 6.30. The van der Waals surface area contributed by atoms with Crippen molar-refractivity contribution in [2.24, 2.45) is 0 Å². The summed E-state index contributed by atoms with van der Waals surface area (Å²) < 4.78 is 23.5. The lowest BCUT2D eigenvalue weighted by Crippen LogP contribution is -2.30. The summed E-state index contributed by atoms with van der Waals surface area (Å²) >= 11 is 5.95. The highest BCUT2D eigenvalue weighted by Gasteiger charge is 2.18. The minimum atomic E-state index is -0.738. The van der Waals surface area contributed by atoms with Crippen LogP contribution in [0.25, 0.3) is 16.9 Å². The summed E-state index contributed by atoms with van der Waals surface area (Å²) in [5.74, 6) is -0.214. The van der Waals surface area contributed by atoms with E-state index in [9.17, 15) is 9.18 Å². The number of hydrogen-bond acceptors (Lipinski definition) is 4. The molecule has 2 aromatic carbocycles. The normalized spacial score (nSPS) is 14.3. The molecule has 0 amide bonds. The molecule has 152 valence electrons. The average Bonchev–Trinajstić information content (AvgIpc) is 3.08. The lowest BCUT2D eigenvalue weighted by atomic mass is 9.99. The molecule has 1 aromatic heterocycles. The van der Waals surface area contributed by atoms with Crippen molar-refractivity contribution in [2.75, 3.05) is 19.6 Å². The van der Waals surface area contributed by atoms with Gasteiger partial charge in [-0.1, -0.05) is 29.8 Å². The third-order valence-electron chi connectivity index (χ3n) is 4.91. The summed E-state index contributed by atoms with van der Waals surface area (Å²) in [5, 5.41) is 0.736. The maximum atomic E-state index is 13.1. The lowest BCUT2D eigenvalue weighted by molar-refractivity contribution is 0.293. The second-order valence-corrected chi connectivity index (χ2v) is 7.19. The Morgan fingerprint density at radius 1 is 1.00 bits per heavy atom. The Morgan fingerprint density at radius 2 is 1.69 bits per heavy atom. The number of halogens is 3. The number of nitrogens with zero attached hydrogens (tertiary/aromatic N) is 1. The van der Waals surface area contributed by atoms with Crippen LogP contribution in [0.3, 0.4) is 0 Å². The van der Waals surface area contributed by atoms with Crippen LogP contribution in [0, 0.1) is 5.82 Å². The van der Waals surface area contributed by atoms with Gasteiger partial charge in [0.25, 0.3) is 0 Å². The van der Waals surface area contributed by atoms with Gasteiger partial charge in [0.1, 0.15) is 5.82 Å². The first-order valence-electron chi connectivity index (χ1n) is 9.14. The van der Waals surface area contributed by atoms with E-state index in [2.05, 4.69) is 11.0 Å². The molecular formula is C22H20Cl2FNO3. The topological polar surface area (TPSA) is 46.6 Å². The van der Waals surface area contributed by atoms with E-state index in [-0.39, 0.29) is 18.2 Å². The highest BCUT2D eigenvalue weighted by atomic mass is 35.5. The third kappa shape index (κ3) is 5.18. The molecule has 4 rings (SSSR count). The fraction of sp³-hybridized carbons (Fsp3) is 0.227. The second kappa shape index (κ2) is 9.44. The van der Waals surface area contributed by atoms with Crippen LogP contribution in [0.5, 0.6) is 0 Å². The zero-order valence-electron chi connectivity index (χ0n) is 15.6. The molecule has 29 heavy (non-hydrogen) atoms. The first kappa shape index (κ1) is 21.4. The Labute approximate surface area is 179 Å². The van der Waals surface area contributed by atoms with Gasteiger partial charge in [-0.05, 0) is 54.0 Å². The van der Waals surface area contributed by atoms with E-state index < -0.39 is 5.82 Å². The quantitative estimate of drug-likeness (QED) is 0.534. The molecular weight excluding hydrogens is 416 g/mol.